The summed E-state index contributed by atoms with van der Waals surface area (Å²) in [6.45, 7) is 9.40. The molecule has 42 heavy (non-hydrogen) atoms. The normalized spacial score (nSPS) is 17.2. The maximum Gasteiger partial charge on any atom is 0.419 e. The molecule has 1 aliphatic heterocycles. The Balaban J connectivity index is 1.44. The average molecular weight is 595 g/mol. The molecule has 1 unspecified atom stereocenters. The Morgan fingerprint density at radius 1 is 0.976 bits per heavy atom. The van der Waals surface area contributed by atoms with Gasteiger partial charge < -0.3 is 9.47 Å². The summed E-state index contributed by atoms with van der Waals surface area (Å²) in [6, 6.07) is 17.3. The highest BCUT2D eigenvalue weighted by Crippen LogP contribution is 2.63. The molecular weight excluding hydrogens is 559 g/mol. The lowest BCUT2D eigenvalue weighted by molar-refractivity contribution is -0.143. The van der Waals surface area contributed by atoms with Crippen molar-refractivity contribution in [3.63, 3.8) is 0 Å². The highest BCUT2D eigenvalue weighted by molar-refractivity contribution is 8.22. The molecule has 0 aliphatic carbocycles. The number of ether oxygens (including phenoxy) is 2. The number of halogens is 1. The Morgan fingerprint density at radius 2 is 1.64 bits per heavy atom. The number of esters is 1. The van der Waals surface area contributed by atoms with Crippen molar-refractivity contribution in [2.24, 2.45) is 0 Å². The zero-order valence-corrected chi connectivity index (χ0v) is 25.1. The molecule has 1 atom stereocenters. The lowest BCUT2D eigenvalue weighted by Crippen LogP contribution is -2.27. The first-order valence-electron chi connectivity index (χ1n) is 13.8. The zero-order chi connectivity index (χ0) is 30.4. The van der Waals surface area contributed by atoms with Crippen LogP contribution in [0.3, 0.4) is 0 Å². The Hall–Kier alpha value is -3.70. The van der Waals surface area contributed by atoms with Crippen LogP contribution in [0.15, 0.2) is 71.8 Å². The van der Waals surface area contributed by atoms with E-state index < -0.39 is 28.3 Å². The predicted octanol–water partition coefficient (Wildman–Crippen LogP) is 8.25. The largest absolute Gasteiger partial charge is 0.466 e. The van der Waals surface area contributed by atoms with Gasteiger partial charge in [0.05, 0.1) is 29.5 Å². The summed E-state index contributed by atoms with van der Waals surface area (Å²) in [4.78, 5) is 25.3. The first-order chi connectivity index (χ1) is 19.8. The third kappa shape index (κ3) is 5.67. The summed E-state index contributed by atoms with van der Waals surface area (Å²) in [7, 11) is -3.23. The number of rotatable bonds is 6. The van der Waals surface area contributed by atoms with Gasteiger partial charge in [-0.15, -0.1) is 10.8 Å². The molecule has 0 saturated carbocycles. The summed E-state index contributed by atoms with van der Waals surface area (Å²) in [6.07, 6.45) is 1.14. The van der Waals surface area contributed by atoms with E-state index in [1.54, 1.807) is 50.3 Å². The van der Waals surface area contributed by atoms with Crippen LogP contribution < -0.4 is 0 Å². The van der Waals surface area contributed by atoms with E-state index in [0.29, 0.717) is 10.4 Å². The smallest absolute Gasteiger partial charge is 0.419 e. The van der Waals surface area contributed by atoms with E-state index in [0.717, 1.165) is 33.2 Å². The molecule has 0 saturated heterocycles. The molecule has 0 spiro atoms. The lowest BCUT2D eigenvalue weighted by Gasteiger charge is -2.38. The minimum Gasteiger partial charge on any atom is -0.466 e. The fourth-order valence-electron chi connectivity index (χ4n) is 5.30. The average Bonchev–Trinajstić information content (AvgIpc) is 3.39. The molecule has 1 aromatic heterocycles. The number of carbonyl (C=O) groups is 2. The van der Waals surface area contributed by atoms with Crippen molar-refractivity contribution >= 4 is 33.7 Å². The summed E-state index contributed by atoms with van der Waals surface area (Å²) < 4.78 is 49.6. The highest BCUT2D eigenvalue weighted by atomic mass is 32.3. The molecule has 3 aromatic carbocycles. The van der Waals surface area contributed by atoms with Gasteiger partial charge in [-0.1, -0.05) is 30.3 Å². The van der Waals surface area contributed by atoms with Crippen LogP contribution >= 0.6 is 10.8 Å². The zero-order valence-electron chi connectivity index (χ0n) is 24.3. The number of nitrogens with zero attached hydrogens (tertiary/aromatic N) is 2. The molecule has 0 fully saturated rings. The number of hydrogen-bond acceptors (Lipinski definition) is 7. The van der Waals surface area contributed by atoms with Gasteiger partial charge in [0.1, 0.15) is 11.4 Å². The Bertz CT molecular complexity index is 1660. The highest BCUT2D eigenvalue weighted by Gasteiger charge is 2.40. The summed E-state index contributed by atoms with van der Waals surface area (Å²) in [5.74, 6) is -0.829. The van der Waals surface area contributed by atoms with Crippen molar-refractivity contribution in [3.05, 3.63) is 78.2 Å². The molecular formula is C32H35FN2O6S. The SMILES string of the molecule is CCOC(=O)CCN1C(C)c2cc(-c3ccc(-c4cn(C(=O)OC(C)(C)C)c5cc(F)ccc45)cc3)ccc2S1(O)O. The topological polar surface area (TPSA) is 101 Å². The second-order valence-electron chi connectivity index (χ2n) is 11.3. The van der Waals surface area contributed by atoms with Crippen LogP contribution in [-0.4, -0.2) is 48.8 Å². The van der Waals surface area contributed by atoms with Crippen LogP contribution in [0.5, 0.6) is 0 Å². The van der Waals surface area contributed by atoms with Crippen molar-refractivity contribution in [1.82, 2.24) is 8.87 Å². The molecule has 10 heteroatoms. The minimum atomic E-state index is -3.23. The molecule has 222 valence electrons. The van der Waals surface area contributed by atoms with E-state index in [1.807, 2.05) is 43.3 Å². The summed E-state index contributed by atoms with van der Waals surface area (Å²) in [5, 5.41) is 0.717. The molecule has 4 aromatic rings. The number of aromatic nitrogens is 1. The molecule has 0 bridgehead atoms. The lowest BCUT2D eigenvalue weighted by atomic mass is 9.97. The van der Waals surface area contributed by atoms with Gasteiger partial charge in [-0.3, -0.25) is 18.5 Å². The van der Waals surface area contributed by atoms with E-state index in [1.165, 1.54) is 16.7 Å². The first-order valence-corrected chi connectivity index (χ1v) is 15.3. The van der Waals surface area contributed by atoms with E-state index in [9.17, 15) is 23.1 Å². The molecule has 2 N–H and O–H groups in total. The van der Waals surface area contributed by atoms with Crippen LogP contribution in [0.4, 0.5) is 9.18 Å². The first kappa shape index (κ1) is 29.8. The van der Waals surface area contributed by atoms with Crippen LogP contribution in [0.1, 0.15) is 52.6 Å². The fourth-order valence-corrected chi connectivity index (χ4v) is 7.25. The Labute approximate surface area is 246 Å². The predicted molar refractivity (Wildman–Crippen MR) is 162 cm³/mol. The van der Waals surface area contributed by atoms with Crippen molar-refractivity contribution in [2.45, 2.75) is 57.6 Å². The standard InChI is InChI=1S/C32H35FN2O6S/c1-6-40-30(36)15-16-35-20(2)26-17-23(11-14-29(26)42(35,38)39)21-7-9-22(10-8-21)27-19-34(31(37)41-32(3,4)5)28-18-24(33)12-13-25(27)28/h7-14,17-20,38-39H,6,15-16H2,1-5H3. The van der Waals surface area contributed by atoms with Gasteiger partial charge in [0.2, 0.25) is 0 Å². The monoisotopic (exact) mass is 594 g/mol. The van der Waals surface area contributed by atoms with E-state index in [4.69, 9.17) is 9.47 Å². The van der Waals surface area contributed by atoms with E-state index in [2.05, 4.69) is 0 Å². The molecule has 2 heterocycles. The Kier molecular flexibility index (Phi) is 7.93. The van der Waals surface area contributed by atoms with Gasteiger partial charge >= 0.3 is 12.1 Å². The maximum absolute atomic E-state index is 14.2. The molecule has 0 amide bonds. The molecule has 5 rings (SSSR count). The summed E-state index contributed by atoms with van der Waals surface area (Å²) in [5.41, 5.74) is 3.92. The molecule has 1 aliphatic rings. The van der Waals surface area contributed by atoms with Crippen LogP contribution in [0.2, 0.25) is 0 Å². The third-order valence-corrected chi connectivity index (χ3v) is 9.36. The van der Waals surface area contributed by atoms with Gasteiger partial charge in [-0.2, -0.15) is 4.31 Å². The van der Waals surface area contributed by atoms with Gasteiger partial charge in [0.15, 0.2) is 0 Å². The van der Waals surface area contributed by atoms with E-state index >= 15 is 0 Å². The van der Waals surface area contributed by atoms with Gasteiger partial charge in [0, 0.05) is 23.7 Å². The van der Waals surface area contributed by atoms with E-state index in [-0.39, 0.29) is 31.6 Å². The van der Waals surface area contributed by atoms with Gasteiger partial charge in [-0.25, -0.2) is 9.18 Å². The molecule has 8 nitrogen and oxygen atoms in total. The second kappa shape index (κ2) is 11.2. The van der Waals surface area contributed by atoms with Crippen molar-refractivity contribution < 1.29 is 32.6 Å². The van der Waals surface area contributed by atoms with Crippen molar-refractivity contribution in [2.75, 3.05) is 13.2 Å². The van der Waals surface area contributed by atoms with Crippen LogP contribution in [0, 0.1) is 5.82 Å². The summed E-state index contributed by atoms with van der Waals surface area (Å²) >= 11 is 0. The third-order valence-electron chi connectivity index (χ3n) is 7.24. The van der Waals surface area contributed by atoms with Gasteiger partial charge in [0.25, 0.3) is 0 Å². The quantitative estimate of drug-likeness (QED) is 0.217. The van der Waals surface area contributed by atoms with Crippen LogP contribution in [-0.2, 0) is 14.3 Å². The maximum atomic E-state index is 14.2. The number of carbonyl (C=O) groups excluding carboxylic acids is 2. The number of benzene rings is 3. The van der Waals surface area contributed by atoms with Crippen molar-refractivity contribution in [1.29, 1.82) is 0 Å². The number of hydrogen-bond donors (Lipinski definition) is 2. The second-order valence-corrected chi connectivity index (χ2v) is 13.2. The molecule has 0 radical (unpaired) electrons. The Morgan fingerprint density at radius 3 is 2.31 bits per heavy atom. The fraction of sp³-hybridized carbons (Fsp3) is 0.312. The number of fused-ring (bicyclic) bond motifs is 2. The minimum absolute atomic E-state index is 0.0628. The van der Waals surface area contributed by atoms with Crippen LogP contribution in [0.25, 0.3) is 33.2 Å². The van der Waals surface area contributed by atoms with Crippen molar-refractivity contribution in [3.8, 4) is 22.3 Å². The van der Waals surface area contributed by atoms with Gasteiger partial charge in [-0.05, 0) is 87.2 Å².